The Hall–Kier alpha value is -3.15. The largest absolute Gasteiger partial charge is 0.369 e. The molecule has 0 atom stereocenters. The first kappa shape index (κ1) is 20.6. The normalized spacial score (nSPS) is 14.6. The van der Waals surface area contributed by atoms with E-state index in [0.29, 0.717) is 31.7 Å². The van der Waals surface area contributed by atoms with Crippen molar-refractivity contribution in [3.63, 3.8) is 0 Å². The maximum Gasteiger partial charge on any atom is 0.253 e. The van der Waals surface area contributed by atoms with Crippen LogP contribution in [0, 0.1) is 11.8 Å². The zero-order chi connectivity index (χ0) is 21.0. The van der Waals surface area contributed by atoms with Crippen LogP contribution in [0.15, 0.2) is 54.6 Å². The second-order valence-electron chi connectivity index (χ2n) is 7.79. The Labute approximate surface area is 171 Å². The Morgan fingerprint density at radius 3 is 1.90 bits per heavy atom. The van der Waals surface area contributed by atoms with Gasteiger partial charge in [0.2, 0.25) is 11.8 Å². The molecule has 1 radical (unpaired) electrons. The molecule has 3 rings (SSSR count). The summed E-state index contributed by atoms with van der Waals surface area (Å²) in [4.78, 5) is 40.0. The number of rotatable bonds is 5. The topological polar surface area (TPSA) is 83.7 Å². The van der Waals surface area contributed by atoms with Crippen LogP contribution in [-0.2, 0) is 9.59 Å². The molecular formula is C23H26N3O3. The lowest BCUT2D eigenvalue weighted by atomic mass is 9.88. The van der Waals surface area contributed by atoms with Crippen molar-refractivity contribution in [2.45, 2.75) is 13.8 Å². The van der Waals surface area contributed by atoms with E-state index in [1.807, 2.05) is 54.6 Å². The van der Waals surface area contributed by atoms with E-state index < -0.39 is 11.3 Å². The van der Waals surface area contributed by atoms with Crippen molar-refractivity contribution < 1.29 is 14.4 Å². The molecule has 0 saturated carbocycles. The predicted octanol–water partition coefficient (Wildman–Crippen LogP) is 2.35. The highest BCUT2D eigenvalue weighted by molar-refractivity contribution is 5.96. The van der Waals surface area contributed by atoms with Gasteiger partial charge in [-0.25, -0.2) is 0 Å². The fourth-order valence-corrected chi connectivity index (χ4v) is 3.22. The lowest BCUT2D eigenvalue weighted by Gasteiger charge is -2.36. The van der Waals surface area contributed by atoms with Crippen LogP contribution in [-0.4, -0.2) is 53.7 Å². The van der Waals surface area contributed by atoms with Gasteiger partial charge in [0.05, 0.1) is 11.8 Å². The molecule has 1 aliphatic rings. The molecule has 0 spiro atoms. The van der Waals surface area contributed by atoms with E-state index in [4.69, 9.17) is 5.73 Å². The number of nitrogens with two attached hydrogens (primary N) is 1. The summed E-state index contributed by atoms with van der Waals surface area (Å²) < 4.78 is 0. The van der Waals surface area contributed by atoms with Gasteiger partial charge in [-0.15, -0.1) is 0 Å². The summed E-state index contributed by atoms with van der Waals surface area (Å²) in [7, 11) is 0. The Bertz CT molecular complexity index is 883. The third-order valence-electron chi connectivity index (χ3n) is 5.24. The first-order chi connectivity index (χ1) is 13.8. The van der Waals surface area contributed by atoms with Crippen molar-refractivity contribution in [3.8, 4) is 11.1 Å². The first-order valence-corrected chi connectivity index (χ1v) is 9.67. The second-order valence-corrected chi connectivity index (χ2v) is 7.79. The molecule has 0 aromatic heterocycles. The Morgan fingerprint density at radius 2 is 1.34 bits per heavy atom. The quantitative estimate of drug-likeness (QED) is 0.848. The molecule has 3 amide bonds. The third-order valence-corrected chi connectivity index (χ3v) is 5.24. The van der Waals surface area contributed by atoms with Gasteiger partial charge in [-0.1, -0.05) is 56.3 Å². The minimum absolute atomic E-state index is 0.0434. The molecule has 151 valence electrons. The molecule has 6 nitrogen and oxygen atoms in total. The zero-order valence-corrected chi connectivity index (χ0v) is 16.8. The van der Waals surface area contributed by atoms with Crippen LogP contribution >= 0.6 is 0 Å². The molecule has 0 bridgehead atoms. The summed E-state index contributed by atoms with van der Waals surface area (Å²) in [6, 6.07) is 17.6. The van der Waals surface area contributed by atoms with Crippen molar-refractivity contribution in [1.29, 1.82) is 0 Å². The van der Waals surface area contributed by atoms with Gasteiger partial charge in [0.1, 0.15) is 0 Å². The molecule has 6 heteroatoms. The Morgan fingerprint density at radius 1 is 0.828 bits per heavy atom. The van der Waals surface area contributed by atoms with Gasteiger partial charge in [-0.3, -0.25) is 14.4 Å². The van der Waals surface area contributed by atoms with Crippen molar-refractivity contribution in [1.82, 2.24) is 9.80 Å². The van der Waals surface area contributed by atoms with E-state index in [-0.39, 0.29) is 11.8 Å². The van der Waals surface area contributed by atoms with E-state index in [1.54, 1.807) is 23.6 Å². The lowest BCUT2D eigenvalue weighted by Crippen LogP contribution is -2.52. The SMILES string of the molecule is CC(C)([CH]C(=O)N1CCN(C(=O)c2ccc(-c3ccccc3)cc2)CC1)C(N)=O. The summed E-state index contributed by atoms with van der Waals surface area (Å²) in [5.41, 5.74) is 7.13. The fourth-order valence-electron chi connectivity index (χ4n) is 3.22. The number of carbonyl (C=O) groups excluding carboxylic acids is 3. The van der Waals surface area contributed by atoms with Crippen LogP contribution in [0.25, 0.3) is 11.1 Å². The van der Waals surface area contributed by atoms with Crippen LogP contribution in [0.4, 0.5) is 0 Å². The number of piperazine rings is 1. The molecule has 29 heavy (non-hydrogen) atoms. The first-order valence-electron chi connectivity index (χ1n) is 9.67. The predicted molar refractivity (Wildman–Crippen MR) is 112 cm³/mol. The summed E-state index contributed by atoms with van der Waals surface area (Å²) in [6.45, 7) is 5.00. The van der Waals surface area contributed by atoms with Crippen LogP contribution in [0.5, 0.6) is 0 Å². The van der Waals surface area contributed by atoms with Crippen molar-refractivity contribution >= 4 is 17.7 Å². The van der Waals surface area contributed by atoms with Crippen LogP contribution in [0.1, 0.15) is 24.2 Å². The molecule has 1 saturated heterocycles. The van der Waals surface area contributed by atoms with Gasteiger partial charge in [0.15, 0.2) is 0 Å². The van der Waals surface area contributed by atoms with Crippen LogP contribution < -0.4 is 5.73 Å². The highest BCUT2D eigenvalue weighted by Crippen LogP contribution is 2.22. The third kappa shape index (κ3) is 4.83. The lowest BCUT2D eigenvalue weighted by molar-refractivity contribution is -0.134. The highest BCUT2D eigenvalue weighted by Gasteiger charge is 2.32. The molecular weight excluding hydrogens is 366 g/mol. The van der Waals surface area contributed by atoms with Crippen LogP contribution in [0.2, 0.25) is 0 Å². The van der Waals surface area contributed by atoms with E-state index in [1.165, 1.54) is 6.42 Å². The number of benzene rings is 2. The van der Waals surface area contributed by atoms with Gasteiger partial charge >= 0.3 is 0 Å². The molecule has 2 aromatic rings. The summed E-state index contributed by atoms with van der Waals surface area (Å²) in [5, 5.41) is 0. The molecule has 0 aliphatic carbocycles. The monoisotopic (exact) mass is 392 g/mol. The second kappa shape index (κ2) is 8.47. The van der Waals surface area contributed by atoms with Gasteiger partial charge < -0.3 is 15.5 Å². The van der Waals surface area contributed by atoms with E-state index in [0.717, 1.165) is 11.1 Å². The summed E-state index contributed by atoms with van der Waals surface area (Å²) in [5.74, 6) is -0.815. The zero-order valence-electron chi connectivity index (χ0n) is 16.8. The minimum atomic E-state index is -0.995. The fraction of sp³-hybridized carbons (Fsp3) is 0.304. The number of primary amides is 1. The summed E-state index contributed by atoms with van der Waals surface area (Å²) in [6.07, 6.45) is 1.36. The van der Waals surface area contributed by atoms with Gasteiger partial charge in [0.25, 0.3) is 5.91 Å². The molecule has 1 heterocycles. The standard InChI is InChI=1S/C23H26N3O3/c1-23(2,22(24)29)16-20(27)25-12-14-26(15-13-25)21(28)19-10-8-18(9-11-19)17-6-4-3-5-7-17/h3-11,16H,12-15H2,1-2H3,(H2,24,29). The maximum atomic E-state index is 12.8. The molecule has 1 aliphatic heterocycles. The smallest absolute Gasteiger partial charge is 0.253 e. The average Bonchev–Trinajstić information content (AvgIpc) is 2.73. The minimum Gasteiger partial charge on any atom is -0.369 e. The van der Waals surface area contributed by atoms with Gasteiger partial charge in [-0.2, -0.15) is 0 Å². The Balaban J connectivity index is 1.57. The van der Waals surface area contributed by atoms with Gasteiger partial charge in [0, 0.05) is 31.7 Å². The van der Waals surface area contributed by atoms with Crippen LogP contribution in [0.3, 0.4) is 0 Å². The molecule has 2 N–H and O–H groups in total. The number of carbonyl (C=O) groups is 3. The van der Waals surface area contributed by atoms with E-state index in [9.17, 15) is 14.4 Å². The maximum absolute atomic E-state index is 12.8. The summed E-state index contributed by atoms with van der Waals surface area (Å²) >= 11 is 0. The molecule has 0 unspecified atom stereocenters. The molecule has 2 aromatic carbocycles. The number of hydrogen-bond donors (Lipinski definition) is 1. The Kier molecular flexibility index (Phi) is 6.01. The number of nitrogens with zero attached hydrogens (tertiary/aromatic N) is 2. The van der Waals surface area contributed by atoms with E-state index in [2.05, 4.69) is 0 Å². The van der Waals surface area contributed by atoms with E-state index >= 15 is 0 Å². The molecule has 1 fully saturated rings. The van der Waals surface area contributed by atoms with Crippen molar-refractivity contribution in [2.75, 3.05) is 26.2 Å². The number of hydrogen-bond acceptors (Lipinski definition) is 3. The highest BCUT2D eigenvalue weighted by atomic mass is 16.2. The van der Waals surface area contributed by atoms with Crippen molar-refractivity contribution in [3.05, 3.63) is 66.6 Å². The average molecular weight is 392 g/mol. The van der Waals surface area contributed by atoms with Gasteiger partial charge in [-0.05, 0) is 23.3 Å². The van der Waals surface area contributed by atoms with Crippen molar-refractivity contribution in [2.24, 2.45) is 11.1 Å². The number of amides is 3.